The van der Waals surface area contributed by atoms with Crippen LogP contribution < -0.4 is 11.1 Å². The normalized spacial score (nSPS) is 11.7. The van der Waals surface area contributed by atoms with Crippen molar-refractivity contribution in [2.45, 2.75) is 20.4 Å². The van der Waals surface area contributed by atoms with Gasteiger partial charge in [-0.3, -0.25) is 4.79 Å². The molecule has 3 N–H and O–H groups in total. The molecule has 0 radical (unpaired) electrons. The third-order valence-electron chi connectivity index (χ3n) is 6.74. The molecule has 2 bridgehead atoms. The van der Waals surface area contributed by atoms with Crippen LogP contribution in [0, 0.1) is 25.5 Å². The Morgan fingerprint density at radius 3 is 2.28 bits per heavy atom. The second-order valence-electron chi connectivity index (χ2n) is 9.02. The molecule has 0 aliphatic heterocycles. The molecule has 5 nitrogen and oxygen atoms in total. The van der Waals surface area contributed by atoms with Crippen molar-refractivity contribution in [2.75, 3.05) is 5.73 Å². The number of anilines is 1. The van der Waals surface area contributed by atoms with Crippen molar-refractivity contribution >= 4 is 44.4 Å². The minimum absolute atomic E-state index is 0.211. The first-order valence-corrected chi connectivity index (χ1v) is 11.5. The monoisotopic (exact) mass is 481 g/mol. The van der Waals surface area contributed by atoms with Crippen molar-refractivity contribution < 1.29 is 18.0 Å². The van der Waals surface area contributed by atoms with E-state index < -0.39 is 11.6 Å². The second kappa shape index (κ2) is 8.02. The maximum absolute atomic E-state index is 13.8. The van der Waals surface area contributed by atoms with Crippen LogP contribution in [0.3, 0.4) is 0 Å². The van der Waals surface area contributed by atoms with E-state index >= 15 is 0 Å². The topological polar surface area (TPSA) is 81.1 Å². The molecule has 6 aromatic rings. The zero-order chi connectivity index (χ0) is 25.1. The molecule has 36 heavy (non-hydrogen) atoms. The van der Waals surface area contributed by atoms with E-state index in [1.165, 1.54) is 6.07 Å². The first-order valence-electron chi connectivity index (χ1n) is 11.5. The van der Waals surface area contributed by atoms with E-state index in [9.17, 15) is 13.6 Å². The van der Waals surface area contributed by atoms with Gasteiger partial charge in [0.25, 0.3) is 5.91 Å². The van der Waals surface area contributed by atoms with E-state index in [2.05, 4.69) is 10.3 Å². The van der Waals surface area contributed by atoms with Crippen LogP contribution in [0.5, 0.6) is 0 Å². The number of hydrogen-bond acceptors (Lipinski definition) is 4. The Bertz CT molecular complexity index is 1800. The summed E-state index contributed by atoms with van der Waals surface area (Å²) in [5.74, 6) is -1.53. The highest BCUT2D eigenvalue weighted by atomic mass is 19.2. The number of halogens is 2. The molecule has 0 saturated heterocycles. The average molecular weight is 482 g/mol. The van der Waals surface area contributed by atoms with E-state index in [4.69, 9.17) is 10.2 Å². The molecule has 0 unspecified atom stereocenters. The number of furan rings is 2. The fourth-order valence-corrected chi connectivity index (χ4v) is 4.89. The van der Waals surface area contributed by atoms with Gasteiger partial charge in [0.15, 0.2) is 11.6 Å². The number of aryl methyl sites for hydroxylation is 2. The van der Waals surface area contributed by atoms with Gasteiger partial charge in [-0.2, -0.15) is 0 Å². The highest BCUT2D eigenvalue weighted by Crippen LogP contribution is 2.42. The number of aromatic nitrogens is 1. The second-order valence-corrected chi connectivity index (χ2v) is 9.02. The Balaban J connectivity index is 1.35. The van der Waals surface area contributed by atoms with Gasteiger partial charge in [0.05, 0.1) is 0 Å². The minimum atomic E-state index is -0.895. The number of rotatable bonds is 4. The van der Waals surface area contributed by atoms with Gasteiger partial charge in [0.2, 0.25) is 0 Å². The number of carbonyl (C=O) groups is 1. The van der Waals surface area contributed by atoms with Crippen molar-refractivity contribution in [3.8, 4) is 11.1 Å². The fraction of sp³-hybridized carbons (Fsp3) is 0.103. The predicted octanol–water partition coefficient (Wildman–Crippen LogP) is 6.65. The van der Waals surface area contributed by atoms with Crippen molar-refractivity contribution in [2.24, 2.45) is 0 Å². The molecule has 3 aromatic carbocycles. The van der Waals surface area contributed by atoms with Gasteiger partial charge < -0.3 is 15.5 Å². The SMILES string of the molecule is Cc1cc(N)nc(C)c1CNC(=O)c1ccc2c(c1)c1oc2c2ccc(-c3ccc(F)c(F)c3)cc21. The predicted molar refractivity (Wildman–Crippen MR) is 137 cm³/mol. The third kappa shape index (κ3) is 3.43. The summed E-state index contributed by atoms with van der Waals surface area (Å²) in [6.45, 7) is 4.15. The largest absolute Gasteiger partial charge is 0.455 e. The molecule has 3 aromatic heterocycles. The highest BCUT2D eigenvalue weighted by molar-refractivity contribution is 6.26. The van der Waals surface area contributed by atoms with Crippen LogP contribution in [0.25, 0.3) is 43.8 Å². The number of nitrogens with one attached hydrogen (secondary N) is 1. The summed E-state index contributed by atoms with van der Waals surface area (Å²) in [6, 6.07) is 16.8. The van der Waals surface area contributed by atoms with Crippen LogP contribution in [-0.4, -0.2) is 10.9 Å². The van der Waals surface area contributed by atoms with Gasteiger partial charge in [0, 0.05) is 39.3 Å². The number of benzene rings is 4. The Labute approximate surface area is 204 Å². The summed E-state index contributed by atoms with van der Waals surface area (Å²) in [7, 11) is 0. The summed E-state index contributed by atoms with van der Waals surface area (Å²) >= 11 is 0. The van der Waals surface area contributed by atoms with Crippen LogP contribution >= 0.6 is 0 Å². The van der Waals surface area contributed by atoms with Crippen LogP contribution in [-0.2, 0) is 6.54 Å². The first-order chi connectivity index (χ1) is 17.3. The molecule has 0 aliphatic rings. The lowest BCUT2D eigenvalue weighted by molar-refractivity contribution is 0.0951. The summed E-state index contributed by atoms with van der Waals surface area (Å²) in [5.41, 5.74) is 11.7. The minimum Gasteiger partial charge on any atom is -0.455 e. The van der Waals surface area contributed by atoms with Crippen molar-refractivity contribution in [3.63, 3.8) is 0 Å². The van der Waals surface area contributed by atoms with Gasteiger partial charge in [-0.25, -0.2) is 13.8 Å². The molecule has 0 spiro atoms. The molecule has 1 amide bonds. The van der Waals surface area contributed by atoms with Crippen LogP contribution in [0.15, 0.2) is 65.1 Å². The Hall–Kier alpha value is -4.52. The smallest absolute Gasteiger partial charge is 0.251 e. The van der Waals surface area contributed by atoms with Crippen LogP contribution in [0.4, 0.5) is 14.6 Å². The van der Waals surface area contributed by atoms with Crippen molar-refractivity contribution in [1.29, 1.82) is 0 Å². The molecular weight excluding hydrogens is 460 g/mol. The quantitative estimate of drug-likeness (QED) is 0.276. The number of nitrogen functional groups attached to an aromatic ring is 1. The zero-order valence-electron chi connectivity index (χ0n) is 19.6. The summed E-state index contributed by atoms with van der Waals surface area (Å²) in [6.07, 6.45) is 0. The van der Waals surface area contributed by atoms with E-state index in [-0.39, 0.29) is 5.91 Å². The van der Waals surface area contributed by atoms with Crippen LogP contribution in [0.2, 0.25) is 0 Å². The third-order valence-corrected chi connectivity index (χ3v) is 6.74. The molecule has 0 fully saturated rings. The Morgan fingerprint density at radius 1 is 0.861 bits per heavy atom. The molecule has 0 aliphatic carbocycles. The number of nitrogens with zero attached hydrogens (tertiary/aromatic N) is 1. The van der Waals surface area contributed by atoms with Gasteiger partial charge >= 0.3 is 0 Å². The number of carbonyl (C=O) groups excluding carboxylic acids is 1. The maximum Gasteiger partial charge on any atom is 0.251 e. The lowest BCUT2D eigenvalue weighted by Crippen LogP contribution is -2.24. The number of amides is 1. The molecule has 0 atom stereocenters. The molecule has 0 saturated carbocycles. The number of nitrogens with two attached hydrogens (primary N) is 1. The molecule has 178 valence electrons. The van der Waals surface area contributed by atoms with Gasteiger partial charge in [-0.05, 0) is 84.6 Å². The molecule has 6 rings (SSSR count). The van der Waals surface area contributed by atoms with Gasteiger partial charge in [0.1, 0.15) is 17.0 Å². The first kappa shape index (κ1) is 22.0. The number of pyridine rings is 1. The fourth-order valence-electron chi connectivity index (χ4n) is 4.89. The van der Waals surface area contributed by atoms with E-state index in [1.807, 2.05) is 44.2 Å². The van der Waals surface area contributed by atoms with E-state index in [0.717, 1.165) is 55.6 Å². The Kier molecular flexibility index (Phi) is 4.89. The number of fused-ring (bicyclic) bond motifs is 8. The highest BCUT2D eigenvalue weighted by Gasteiger charge is 2.20. The van der Waals surface area contributed by atoms with Gasteiger partial charge in [-0.1, -0.05) is 12.1 Å². The molecule has 3 heterocycles. The number of hydrogen-bond donors (Lipinski definition) is 2. The van der Waals surface area contributed by atoms with E-state index in [1.54, 1.807) is 18.2 Å². The molecule has 7 heteroatoms. The summed E-state index contributed by atoms with van der Waals surface area (Å²) in [5, 5.41) is 6.51. The Morgan fingerprint density at radius 2 is 1.53 bits per heavy atom. The van der Waals surface area contributed by atoms with Crippen molar-refractivity contribution in [1.82, 2.24) is 10.3 Å². The van der Waals surface area contributed by atoms with Crippen LogP contribution in [0.1, 0.15) is 27.2 Å². The lowest BCUT2D eigenvalue weighted by Gasteiger charge is -2.11. The van der Waals surface area contributed by atoms with Crippen molar-refractivity contribution in [3.05, 3.63) is 94.7 Å². The standard InChI is InChI=1S/C29H21F2N3O2/c1-14-9-26(32)34-15(2)23(14)13-33-29(35)18-4-7-20-22(11-18)28-21-10-16(3-6-19(21)27(20)36-28)17-5-8-24(30)25(31)12-17/h3-12H,13H2,1-2H3,(H2,32,34)(H,33,35). The van der Waals surface area contributed by atoms with Gasteiger partial charge in [-0.15, -0.1) is 0 Å². The van der Waals surface area contributed by atoms with E-state index in [0.29, 0.717) is 29.1 Å². The molecular formula is C29H21F2N3O2. The summed E-state index contributed by atoms with van der Waals surface area (Å²) < 4.78 is 33.3. The summed E-state index contributed by atoms with van der Waals surface area (Å²) in [4.78, 5) is 17.3. The zero-order valence-corrected chi connectivity index (χ0v) is 19.6. The maximum atomic E-state index is 13.8. The lowest BCUT2D eigenvalue weighted by atomic mass is 9.97. The average Bonchev–Trinajstić information content (AvgIpc) is 3.41.